The van der Waals surface area contributed by atoms with Crippen LogP contribution in [-0.2, 0) is 4.79 Å². The molecule has 0 aliphatic heterocycles. The highest BCUT2D eigenvalue weighted by atomic mass is 35.5. The number of carbonyl (C=O) groups excluding carboxylic acids is 1. The van der Waals surface area contributed by atoms with Crippen LogP contribution >= 0.6 is 11.6 Å². The lowest BCUT2D eigenvalue weighted by Gasteiger charge is -2.15. The Bertz CT molecular complexity index is 410. The lowest BCUT2D eigenvalue weighted by molar-refractivity contribution is -0.127. The number of benzene rings is 1. The van der Waals surface area contributed by atoms with Gasteiger partial charge in [0.15, 0.2) is 6.10 Å². The summed E-state index contributed by atoms with van der Waals surface area (Å²) in [6.45, 7) is 3.33. The number of nitrogens with one attached hydrogen (secondary N) is 1. The van der Waals surface area contributed by atoms with Crippen molar-refractivity contribution in [2.24, 2.45) is 0 Å². The molecule has 1 atom stereocenters. The van der Waals surface area contributed by atoms with Gasteiger partial charge in [-0.1, -0.05) is 17.7 Å². The van der Waals surface area contributed by atoms with Crippen molar-refractivity contribution in [3.63, 3.8) is 0 Å². The van der Waals surface area contributed by atoms with E-state index >= 15 is 0 Å². The molecule has 106 valence electrons. The van der Waals surface area contributed by atoms with E-state index in [0.717, 1.165) is 13.0 Å². The van der Waals surface area contributed by atoms with Crippen molar-refractivity contribution >= 4 is 17.5 Å². The smallest absolute Gasteiger partial charge is 0.260 e. The molecule has 1 aromatic rings. The topological polar surface area (TPSA) is 41.6 Å². The van der Waals surface area contributed by atoms with E-state index in [0.29, 0.717) is 17.3 Å². The molecule has 19 heavy (non-hydrogen) atoms. The molecule has 0 spiro atoms. The summed E-state index contributed by atoms with van der Waals surface area (Å²) in [6, 6.07) is 7.03. The van der Waals surface area contributed by atoms with E-state index in [-0.39, 0.29) is 5.91 Å². The zero-order valence-electron chi connectivity index (χ0n) is 11.6. The van der Waals surface area contributed by atoms with Gasteiger partial charge < -0.3 is 15.0 Å². The first-order valence-electron chi connectivity index (χ1n) is 6.33. The molecule has 0 bridgehead atoms. The first-order chi connectivity index (χ1) is 8.99. The van der Waals surface area contributed by atoms with Gasteiger partial charge in [0.05, 0.1) is 0 Å². The van der Waals surface area contributed by atoms with Gasteiger partial charge in [-0.05, 0) is 52.2 Å². The van der Waals surface area contributed by atoms with Crippen molar-refractivity contribution < 1.29 is 9.53 Å². The summed E-state index contributed by atoms with van der Waals surface area (Å²) in [4.78, 5) is 13.9. The van der Waals surface area contributed by atoms with Gasteiger partial charge in [0.25, 0.3) is 5.91 Å². The summed E-state index contributed by atoms with van der Waals surface area (Å²) in [6.07, 6.45) is 0.389. The monoisotopic (exact) mass is 284 g/mol. The van der Waals surface area contributed by atoms with Gasteiger partial charge in [0.2, 0.25) is 0 Å². The lowest BCUT2D eigenvalue weighted by Crippen LogP contribution is -2.37. The molecule has 4 nitrogen and oxygen atoms in total. The molecule has 1 amide bonds. The summed E-state index contributed by atoms with van der Waals surface area (Å²) in [7, 11) is 4.01. The third-order valence-corrected chi connectivity index (χ3v) is 2.79. The molecule has 1 rings (SSSR count). The van der Waals surface area contributed by atoms with E-state index in [4.69, 9.17) is 16.3 Å². The van der Waals surface area contributed by atoms with Crippen molar-refractivity contribution in [1.29, 1.82) is 0 Å². The highest BCUT2D eigenvalue weighted by Gasteiger charge is 2.13. The average molecular weight is 285 g/mol. The van der Waals surface area contributed by atoms with E-state index < -0.39 is 6.10 Å². The second-order valence-corrected chi connectivity index (χ2v) is 5.10. The number of halogens is 1. The van der Waals surface area contributed by atoms with Gasteiger partial charge >= 0.3 is 0 Å². The van der Waals surface area contributed by atoms with Crippen LogP contribution in [0.1, 0.15) is 13.3 Å². The molecule has 0 radical (unpaired) electrons. The fraction of sp³-hybridized carbons (Fsp3) is 0.500. The molecule has 0 aromatic heterocycles. The number of carbonyl (C=O) groups is 1. The normalized spacial score (nSPS) is 12.3. The largest absolute Gasteiger partial charge is 0.481 e. The second-order valence-electron chi connectivity index (χ2n) is 4.67. The van der Waals surface area contributed by atoms with Crippen LogP contribution in [0.15, 0.2) is 24.3 Å². The Labute approximate surface area is 119 Å². The number of ether oxygens (including phenoxy) is 1. The van der Waals surface area contributed by atoms with Crippen molar-refractivity contribution in [2.45, 2.75) is 19.4 Å². The number of hydrogen-bond donors (Lipinski definition) is 1. The van der Waals surface area contributed by atoms with Crippen molar-refractivity contribution in [3.8, 4) is 5.75 Å². The number of nitrogens with zero attached hydrogens (tertiary/aromatic N) is 1. The van der Waals surface area contributed by atoms with Crippen LogP contribution in [0, 0.1) is 0 Å². The summed E-state index contributed by atoms with van der Waals surface area (Å²) in [5.41, 5.74) is 0. The highest BCUT2D eigenvalue weighted by molar-refractivity contribution is 6.30. The van der Waals surface area contributed by atoms with Gasteiger partial charge in [0.1, 0.15) is 5.75 Å². The summed E-state index contributed by atoms with van der Waals surface area (Å²) in [5, 5.41) is 3.44. The van der Waals surface area contributed by atoms with Crippen LogP contribution in [0.2, 0.25) is 5.02 Å². The zero-order valence-corrected chi connectivity index (χ0v) is 12.4. The Morgan fingerprint density at radius 3 is 2.84 bits per heavy atom. The Morgan fingerprint density at radius 1 is 1.47 bits per heavy atom. The highest BCUT2D eigenvalue weighted by Crippen LogP contribution is 2.18. The maximum Gasteiger partial charge on any atom is 0.260 e. The third-order valence-electron chi connectivity index (χ3n) is 2.56. The number of rotatable bonds is 7. The average Bonchev–Trinajstić information content (AvgIpc) is 2.34. The van der Waals surface area contributed by atoms with E-state index in [1.54, 1.807) is 31.2 Å². The van der Waals surface area contributed by atoms with Gasteiger partial charge in [-0.25, -0.2) is 0 Å². The summed E-state index contributed by atoms with van der Waals surface area (Å²) < 4.78 is 5.53. The van der Waals surface area contributed by atoms with Crippen LogP contribution in [0.4, 0.5) is 0 Å². The van der Waals surface area contributed by atoms with E-state index in [9.17, 15) is 4.79 Å². The van der Waals surface area contributed by atoms with Crippen LogP contribution in [-0.4, -0.2) is 44.1 Å². The third kappa shape index (κ3) is 6.45. The Kier molecular flexibility index (Phi) is 6.67. The maximum absolute atomic E-state index is 11.8. The molecular weight excluding hydrogens is 264 g/mol. The van der Waals surface area contributed by atoms with Crippen LogP contribution < -0.4 is 10.1 Å². The van der Waals surface area contributed by atoms with E-state index in [1.165, 1.54) is 0 Å². The minimum atomic E-state index is -0.530. The van der Waals surface area contributed by atoms with Crippen LogP contribution in [0.3, 0.4) is 0 Å². The fourth-order valence-electron chi connectivity index (χ4n) is 1.55. The first kappa shape index (κ1) is 15.8. The maximum atomic E-state index is 11.8. The lowest BCUT2D eigenvalue weighted by atomic mass is 10.3. The molecule has 0 saturated carbocycles. The predicted octanol–water partition coefficient (Wildman–Crippen LogP) is 2.18. The minimum absolute atomic E-state index is 0.112. The van der Waals surface area contributed by atoms with Crippen molar-refractivity contribution in [2.75, 3.05) is 27.2 Å². The van der Waals surface area contributed by atoms with Crippen molar-refractivity contribution in [3.05, 3.63) is 29.3 Å². The number of amides is 1. The van der Waals surface area contributed by atoms with Crippen LogP contribution in [0.25, 0.3) is 0 Å². The molecular formula is C14H21ClN2O2. The molecule has 1 N–H and O–H groups in total. The molecule has 1 aromatic carbocycles. The van der Waals surface area contributed by atoms with Crippen LogP contribution in [0.5, 0.6) is 5.75 Å². The fourth-order valence-corrected chi connectivity index (χ4v) is 1.73. The van der Waals surface area contributed by atoms with Gasteiger partial charge in [-0.15, -0.1) is 0 Å². The summed E-state index contributed by atoms with van der Waals surface area (Å²) >= 11 is 5.85. The zero-order chi connectivity index (χ0) is 14.3. The van der Waals surface area contributed by atoms with Gasteiger partial charge in [-0.3, -0.25) is 4.79 Å². The summed E-state index contributed by atoms with van der Waals surface area (Å²) in [5.74, 6) is 0.488. The molecule has 0 unspecified atom stereocenters. The Hall–Kier alpha value is -1.26. The molecule has 0 fully saturated rings. The van der Waals surface area contributed by atoms with Gasteiger partial charge in [-0.2, -0.15) is 0 Å². The molecule has 0 heterocycles. The predicted molar refractivity (Wildman–Crippen MR) is 77.7 cm³/mol. The quantitative estimate of drug-likeness (QED) is 0.780. The first-order valence-corrected chi connectivity index (χ1v) is 6.71. The minimum Gasteiger partial charge on any atom is -0.481 e. The Morgan fingerprint density at radius 2 is 2.21 bits per heavy atom. The van der Waals surface area contributed by atoms with E-state index in [2.05, 4.69) is 10.2 Å². The standard InChI is InChI=1S/C14H21ClN2O2/c1-11(14(18)16-8-5-9-17(2)3)19-13-7-4-6-12(15)10-13/h4,6-7,10-11H,5,8-9H2,1-3H3,(H,16,18)/t11-/m0/s1. The van der Waals surface area contributed by atoms with Crippen molar-refractivity contribution in [1.82, 2.24) is 10.2 Å². The van der Waals surface area contributed by atoms with Gasteiger partial charge in [0, 0.05) is 11.6 Å². The van der Waals surface area contributed by atoms with E-state index in [1.807, 2.05) is 14.1 Å². The number of hydrogen-bond acceptors (Lipinski definition) is 3. The molecule has 0 aliphatic rings. The Balaban J connectivity index is 2.32. The molecule has 5 heteroatoms. The SMILES string of the molecule is C[C@H](Oc1cccc(Cl)c1)C(=O)NCCCN(C)C. The molecule has 0 saturated heterocycles. The molecule has 0 aliphatic carbocycles. The second kappa shape index (κ2) is 8.02.